The molecular weight excluding hydrogens is 273 g/mol. The molecule has 0 radical (unpaired) electrons. The number of rotatable bonds is 3. The van der Waals surface area contributed by atoms with Gasteiger partial charge in [-0.1, -0.05) is 6.07 Å². The average Bonchev–Trinajstić information content (AvgIpc) is 2.38. The predicted molar refractivity (Wildman–Crippen MR) is 67.1 cm³/mol. The van der Waals surface area contributed by atoms with E-state index in [0.717, 1.165) is 6.07 Å². The Balaban J connectivity index is 2.02. The molecule has 8 heteroatoms. The molecule has 0 aliphatic carbocycles. The molecule has 0 bridgehead atoms. The fraction of sp³-hybridized carbons (Fsp3) is 0.500. The monoisotopic (exact) mass is 288 g/mol. The SMILES string of the molecule is NC(=O)CN1CCN(c2cccc(C(F)(F)F)n2)CC1. The minimum Gasteiger partial charge on any atom is -0.369 e. The van der Waals surface area contributed by atoms with Crippen LogP contribution in [0.15, 0.2) is 18.2 Å². The van der Waals surface area contributed by atoms with Gasteiger partial charge in [-0.2, -0.15) is 13.2 Å². The number of nitrogens with zero attached hydrogens (tertiary/aromatic N) is 3. The predicted octanol–water partition coefficient (Wildman–Crippen LogP) is 0.708. The van der Waals surface area contributed by atoms with E-state index >= 15 is 0 Å². The lowest BCUT2D eigenvalue weighted by molar-refractivity contribution is -0.141. The first kappa shape index (κ1) is 14.6. The standard InChI is InChI=1S/C12H15F3N4O/c13-12(14,15)9-2-1-3-11(17-9)19-6-4-18(5-7-19)8-10(16)20/h1-3H,4-8H2,(H2,16,20). The molecule has 1 aromatic heterocycles. The molecule has 2 N–H and O–H groups in total. The number of carbonyl (C=O) groups is 1. The Kier molecular flexibility index (Phi) is 4.12. The molecule has 1 fully saturated rings. The van der Waals surface area contributed by atoms with Crippen LogP contribution in [0, 0.1) is 0 Å². The van der Waals surface area contributed by atoms with Gasteiger partial charge in [0.05, 0.1) is 6.54 Å². The summed E-state index contributed by atoms with van der Waals surface area (Å²) in [5, 5.41) is 0. The highest BCUT2D eigenvalue weighted by molar-refractivity contribution is 5.75. The molecule has 0 saturated carbocycles. The average molecular weight is 288 g/mol. The number of piperazine rings is 1. The fourth-order valence-electron chi connectivity index (χ4n) is 2.11. The van der Waals surface area contributed by atoms with Crippen LogP contribution in [-0.4, -0.2) is 48.5 Å². The van der Waals surface area contributed by atoms with Gasteiger partial charge in [-0.05, 0) is 12.1 Å². The second kappa shape index (κ2) is 5.66. The van der Waals surface area contributed by atoms with E-state index in [1.165, 1.54) is 6.07 Å². The minimum absolute atomic E-state index is 0.170. The number of nitrogens with two attached hydrogens (primary N) is 1. The second-order valence-corrected chi connectivity index (χ2v) is 4.61. The summed E-state index contributed by atoms with van der Waals surface area (Å²) >= 11 is 0. The van der Waals surface area contributed by atoms with Crippen LogP contribution in [0.5, 0.6) is 0 Å². The van der Waals surface area contributed by atoms with Gasteiger partial charge in [0, 0.05) is 26.2 Å². The Morgan fingerprint density at radius 2 is 1.90 bits per heavy atom. The fourth-order valence-corrected chi connectivity index (χ4v) is 2.11. The van der Waals surface area contributed by atoms with Crippen molar-refractivity contribution in [2.45, 2.75) is 6.18 Å². The lowest BCUT2D eigenvalue weighted by Gasteiger charge is -2.34. The highest BCUT2D eigenvalue weighted by Crippen LogP contribution is 2.29. The largest absolute Gasteiger partial charge is 0.433 e. The van der Waals surface area contributed by atoms with E-state index in [-0.39, 0.29) is 6.54 Å². The summed E-state index contributed by atoms with van der Waals surface area (Å²) in [6, 6.07) is 3.85. The Labute approximate surface area is 114 Å². The summed E-state index contributed by atoms with van der Waals surface area (Å²) in [5.41, 5.74) is 4.21. The third-order valence-corrected chi connectivity index (χ3v) is 3.10. The number of aromatic nitrogens is 1. The first-order valence-corrected chi connectivity index (χ1v) is 6.16. The van der Waals surface area contributed by atoms with Crippen LogP contribution >= 0.6 is 0 Å². The summed E-state index contributed by atoms with van der Waals surface area (Å²) in [5.74, 6) is -0.103. The van der Waals surface area contributed by atoms with Crippen LogP contribution in [0.4, 0.5) is 19.0 Å². The van der Waals surface area contributed by atoms with Crippen molar-refractivity contribution in [2.24, 2.45) is 5.73 Å². The normalized spacial score (nSPS) is 17.2. The number of carbonyl (C=O) groups excluding carboxylic acids is 1. The van der Waals surface area contributed by atoms with Gasteiger partial charge in [0.2, 0.25) is 5.91 Å². The van der Waals surface area contributed by atoms with Gasteiger partial charge >= 0.3 is 6.18 Å². The molecule has 0 unspecified atom stereocenters. The van der Waals surface area contributed by atoms with Crippen LogP contribution in [0.3, 0.4) is 0 Å². The van der Waals surface area contributed by atoms with Gasteiger partial charge in [0.15, 0.2) is 0 Å². The van der Waals surface area contributed by atoms with Gasteiger partial charge in [0.25, 0.3) is 0 Å². The number of anilines is 1. The molecule has 1 saturated heterocycles. The Bertz CT molecular complexity index is 484. The van der Waals surface area contributed by atoms with Crippen molar-refractivity contribution in [1.82, 2.24) is 9.88 Å². The summed E-state index contributed by atoms with van der Waals surface area (Å²) in [6.07, 6.45) is -4.44. The highest BCUT2D eigenvalue weighted by Gasteiger charge is 2.33. The minimum atomic E-state index is -4.44. The molecule has 1 aliphatic rings. The van der Waals surface area contributed by atoms with Crippen molar-refractivity contribution >= 4 is 11.7 Å². The zero-order valence-corrected chi connectivity index (χ0v) is 10.7. The van der Waals surface area contributed by atoms with Gasteiger partial charge in [-0.25, -0.2) is 4.98 Å². The molecule has 1 amide bonds. The highest BCUT2D eigenvalue weighted by atomic mass is 19.4. The van der Waals surface area contributed by atoms with Crippen molar-refractivity contribution in [2.75, 3.05) is 37.6 Å². The number of hydrogen-bond acceptors (Lipinski definition) is 4. The smallest absolute Gasteiger partial charge is 0.369 e. The first-order chi connectivity index (χ1) is 9.36. The number of amides is 1. The van der Waals surface area contributed by atoms with E-state index in [9.17, 15) is 18.0 Å². The molecule has 2 heterocycles. The molecular formula is C12H15F3N4O. The van der Waals surface area contributed by atoms with E-state index in [4.69, 9.17) is 5.73 Å². The maximum atomic E-state index is 12.6. The number of pyridine rings is 1. The van der Waals surface area contributed by atoms with Gasteiger partial charge < -0.3 is 10.6 Å². The van der Waals surface area contributed by atoms with Gasteiger partial charge in [0.1, 0.15) is 11.5 Å². The van der Waals surface area contributed by atoms with Crippen LogP contribution in [0.2, 0.25) is 0 Å². The third-order valence-electron chi connectivity index (χ3n) is 3.10. The van der Waals surface area contributed by atoms with Crippen LogP contribution in [0.1, 0.15) is 5.69 Å². The maximum Gasteiger partial charge on any atom is 0.433 e. The number of halogens is 3. The lowest BCUT2D eigenvalue weighted by atomic mass is 10.3. The number of alkyl halides is 3. The number of primary amides is 1. The van der Waals surface area contributed by atoms with Gasteiger partial charge in [-0.15, -0.1) is 0 Å². The molecule has 5 nitrogen and oxygen atoms in total. The first-order valence-electron chi connectivity index (χ1n) is 6.16. The zero-order chi connectivity index (χ0) is 14.8. The van der Waals surface area contributed by atoms with E-state index < -0.39 is 17.8 Å². The summed E-state index contributed by atoms with van der Waals surface area (Å²) in [7, 11) is 0. The molecule has 0 spiro atoms. The Morgan fingerprint density at radius 1 is 1.25 bits per heavy atom. The molecule has 0 atom stereocenters. The zero-order valence-electron chi connectivity index (χ0n) is 10.7. The van der Waals surface area contributed by atoms with Crippen LogP contribution in [0.25, 0.3) is 0 Å². The van der Waals surface area contributed by atoms with Crippen molar-refractivity contribution < 1.29 is 18.0 Å². The molecule has 20 heavy (non-hydrogen) atoms. The molecule has 0 aromatic carbocycles. The molecule has 1 aromatic rings. The second-order valence-electron chi connectivity index (χ2n) is 4.61. The van der Waals surface area contributed by atoms with Crippen molar-refractivity contribution in [3.8, 4) is 0 Å². The Hall–Kier alpha value is -1.83. The maximum absolute atomic E-state index is 12.6. The summed E-state index contributed by atoms with van der Waals surface area (Å²) in [4.78, 5) is 18.1. The molecule has 2 rings (SSSR count). The molecule has 110 valence electrons. The third kappa shape index (κ3) is 3.60. The van der Waals surface area contributed by atoms with E-state index in [0.29, 0.717) is 32.0 Å². The summed E-state index contributed by atoms with van der Waals surface area (Å²) < 4.78 is 37.8. The van der Waals surface area contributed by atoms with E-state index in [2.05, 4.69) is 4.98 Å². The van der Waals surface area contributed by atoms with Crippen molar-refractivity contribution in [1.29, 1.82) is 0 Å². The quantitative estimate of drug-likeness (QED) is 0.889. The van der Waals surface area contributed by atoms with E-state index in [1.807, 2.05) is 4.90 Å². The topological polar surface area (TPSA) is 62.5 Å². The summed E-state index contributed by atoms with van der Waals surface area (Å²) in [6.45, 7) is 2.34. The number of hydrogen-bond donors (Lipinski definition) is 1. The Morgan fingerprint density at radius 3 is 2.45 bits per heavy atom. The van der Waals surface area contributed by atoms with Crippen LogP contribution < -0.4 is 10.6 Å². The van der Waals surface area contributed by atoms with E-state index in [1.54, 1.807) is 11.0 Å². The van der Waals surface area contributed by atoms with Crippen LogP contribution in [-0.2, 0) is 11.0 Å². The van der Waals surface area contributed by atoms with Gasteiger partial charge in [-0.3, -0.25) is 9.69 Å². The van der Waals surface area contributed by atoms with Crippen molar-refractivity contribution in [3.63, 3.8) is 0 Å². The lowest BCUT2D eigenvalue weighted by Crippen LogP contribution is -2.49. The van der Waals surface area contributed by atoms with Crippen molar-refractivity contribution in [3.05, 3.63) is 23.9 Å². The molecule has 1 aliphatic heterocycles.